The van der Waals surface area contributed by atoms with Crippen LogP contribution in [0, 0.1) is 0 Å². The molecule has 3 heteroatoms. The van der Waals surface area contributed by atoms with E-state index in [1.165, 1.54) is 0 Å². The molecule has 2 aromatic rings. The molecular formula is C15H16O2W. The van der Waals surface area contributed by atoms with E-state index in [0.717, 1.165) is 11.1 Å². The monoisotopic (exact) mass is 412 g/mol. The van der Waals surface area contributed by atoms with E-state index >= 15 is 0 Å². The number of benzene rings is 2. The Labute approximate surface area is 122 Å². The molecule has 2 nitrogen and oxygen atoms in total. The van der Waals surface area contributed by atoms with Gasteiger partial charge in [-0.25, -0.2) is 0 Å². The summed E-state index contributed by atoms with van der Waals surface area (Å²) < 4.78 is 0. The number of phenols is 2. The van der Waals surface area contributed by atoms with E-state index < -0.39 is 0 Å². The van der Waals surface area contributed by atoms with Gasteiger partial charge >= 0.3 is 0 Å². The molecule has 0 radical (unpaired) electrons. The Balaban J connectivity index is 0.00000162. The average molecular weight is 412 g/mol. The molecule has 0 spiro atoms. The molecule has 0 aliphatic rings. The van der Waals surface area contributed by atoms with Crippen molar-refractivity contribution in [2.24, 2.45) is 0 Å². The molecule has 0 bridgehead atoms. The van der Waals surface area contributed by atoms with Gasteiger partial charge in [0.15, 0.2) is 0 Å². The van der Waals surface area contributed by atoms with Gasteiger partial charge in [0.2, 0.25) is 0 Å². The summed E-state index contributed by atoms with van der Waals surface area (Å²) in [6.07, 6.45) is 0. The number of hydrogen-bond donors (Lipinski definition) is 2. The van der Waals surface area contributed by atoms with Crippen LogP contribution < -0.4 is 0 Å². The molecule has 0 heterocycles. The van der Waals surface area contributed by atoms with Gasteiger partial charge in [0.05, 0.1) is 0 Å². The summed E-state index contributed by atoms with van der Waals surface area (Å²) >= 11 is 0. The van der Waals surface area contributed by atoms with Crippen molar-refractivity contribution in [3.05, 3.63) is 59.7 Å². The fourth-order valence-electron chi connectivity index (χ4n) is 1.92. The third-order valence-corrected chi connectivity index (χ3v) is 3.18. The van der Waals surface area contributed by atoms with Crippen molar-refractivity contribution in [3.8, 4) is 11.5 Å². The zero-order valence-corrected chi connectivity index (χ0v) is 13.4. The predicted octanol–water partition coefficient (Wildman–Crippen LogP) is 3.42. The minimum Gasteiger partial charge on any atom is -0.508 e. The summed E-state index contributed by atoms with van der Waals surface area (Å²) in [4.78, 5) is 0. The second-order valence-corrected chi connectivity index (χ2v) is 4.72. The molecule has 0 unspecified atom stereocenters. The third-order valence-electron chi connectivity index (χ3n) is 3.18. The van der Waals surface area contributed by atoms with Gasteiger partial charge in [0, 0.05) is 26.5 Å². The SMILES string of the molecule is CC(C)(c1ccc(O)cc1)c1ccc(O)cc1.[W]. The predicted molar refractivity (Wildman–Crippen MR) is 68.3 cm³/mol. The van der Waals surface area contributed by atoms with Crippen molar-refractivity contribution >= 4 is 0 Å². The Bertz CT molecular complexity index is 454. The molecule has 0 atom stereocenters. The van der Waals surface area contributed by atoms with Crippen LogP contribution in [0.2, 0.25) is 0 Å². The Hall–Kier alpha value is -1.27. The van der Waals surface area contributed by atoms with E-state index in [1.54, 1.807) is 24.3 Å². The second kappa shape index (κ2) is 5.58. The van der Waals surface area contributed by atoms with Gasteiger partial charge < -0.3 is 10.2 Å². The van der Waals surface area contributed by atoms with Gasteiger partial charge in [-0.2, -0.15) is 0 Å². The van der Waals surface area contributed by atoms with Gasteiger partial charge in [-0.3, -0.25) is 0 Å². The molecular weight excluding hydrogens is 396 g/mol. The zero-order chi connectivity index (χ0) is 12.5. The maximum Gasteiger partial charge on any atom is 0.115 e. The van der Waals surface area contributed by atoms with E-state index in [9.17, 15) is 10.2 Å². The summed E-state index contributed by atoms with van der Waals surface area (Å²) in [5, 5.41) is 18.6. The van der Waals surface area contributed by atoms with E-state index in [-0.39, 0.29) is 38.0 Å². The van der Waals surface area contributed by atoms with Crippen LogP contribution in [0.15, 0.2) is 48.5 Å². The average Bonchev–Trinajstić information content (AvgIpc) is 2.30. The Morgan fingerprint density at radius 3 is 1.22 bits per heavy atom. The van der Waals surface area contributed by atoms with E-state index in [2.05, 4.69) is 13.8 Å². The molecule has 0 aliphatic heterocycles. The largest absolute Gasteiger partial charge is 0.508 e. The van der Waals surface area contributed by atoms with Crippen molar-refractivity contribution in [1.82, 2.24) is 0 Å². The first-order valence-corrected chi connectivity index (χ1v) is 5.59. The summed E-state index contributed by atoms with van der Waals surface area (Å²) in [5.74, 6) is 0.547. The third kappa shape index (κ3) is 2.94. The molecule has 0 aliphatic carbocycles. The molecule has 0 saturated carbocycles. The molecule has 18 heavy (non-hydrogen) atoms. The minimum atomic E-state index is -0.151. The first kappa shape index (κ1) is 14.8. The van der Waals surface area contributed by atoms with Crippen LogP contribution in [0.1, 0.15) is 25.0 Å². The maximum absolute atomic E-state index is 9.30. The quantitative estimate of drug-likeness (QED) is 0.794. The number of aromatic hydroxyl groups is 2. The zero-order valence-electron chi connectivity index (χ0n) is 10.4. The van der Waals surface area contributed by atoms with Gasteiger partial charge in [-0.15, -0.1) is 0 Å². The standard InChI is InChI=1S/C15H16O2.W/c1-15(2,11-3-7-13(16)8-4-11)12-5-9-14(17)10-6-12;/h3-10,16-17H,1-2H3;. The van der Waals surface area contributed by atoms with Gasteiger partial charge in [0.25, 0.3) is 0 Å². The smallest absolute Gasteiger partial charge is 0.115 e. The maximum atomic E-state index is 9.30. The van der Waals surface area contributed by atoms with Gasteiger partial charge in [-0.05, 0) is 35.4 Å². The Morgan fingerprint density at radius 1 is 0.667 bits per heavy atom. The number of phenolic OH excluding ortho intramolecular Hbond substituents is 2. The topological polar surface area (TPSA) is 40.5 Å². The molecule has 0 saturated heterocycles. The molecule has 94 valence electrons. The molecule has 2 N–H and O–H groups in total. The van der Waals surface area contributed by atoms with Crippen molar-refractivity contribution in [3.63, 3.8) is 0 Å². The summed E-state index contributed by atoms with van der Waals surface area (Å²) in [6, 6.07) is 14.4. The van der Waals surface area contributed by atoms with E-state index in [0.29, 0.717) is 0 Å². The van der Waals surface area contributed by atoms with Crippen LogP contribution in [0.3, 0.4) is 0 Å². The second-order valence-electron chi connectivity index (χ2n) is 4.72. The Kier molecular flexibility index (Phi) is 4.58. The van der Waals surface area contributed by atoms with Gasteiger partial charge in [-0.1, -0.05) is 38.1 Å². The van der Waals surface area contributed by atoms with Crippen molar-refractivity contribution in [2.45, 2.75) is 19.3 Å². The van der Waals surface area contributed by atoms with Crippen LogP contribution in [0.5, 0.6) is 11.5 Å². The van der Waals surface area contributed by atoms with Gasteiger partial charge in [0.1, 0.15) is 11.5 Å². The van der Waals surface area contributed by atoms with Crippen LogP contribution in [0.25, 0.3) is 0 Å². The van der Waals surface area contributed by atoms with E-state index in [1.807, 2.05) is 24.3 Å². The fourth-order valence-corrected chi connectivity index (χ4v) is 1.92. The molecule has 2 rings (SSSR count). The fraction of sp³-hybridized carbons (Fsp3) is 0.200. The number of hydrogen-bond acceptors (Lipinski definition) is 2. The van der Waals surface area contributed by atoms with Crippen molar-refractivity contribution < 1.29 is 31.3 Å². The summed E-state index contributed by atoms with van der Waals surface area (Å²) in [6.45, 7) is 4.23. The first-order valence-electron chi connectivity index (χ1n) is 5.59. The van der Waals surface area contributed by atoms with Crippen LogP contribution in [0.4, 0.5) is 0 Å². The molecule has 0 aromatic heterocycles. The normalized spacial score (nSPS) is 10.8. The first-order chi connectivity index (χ1) is 8.00. The van der Waals surface area contributed by atoms with Crippen molar-refractivity contribution in [2.75, 3.05) is 0 Å². The van der Waals surface area contributed by atoms with Crippen molar-refractivity contribution in [1.29, 1.82) is 0 Å². The molecule has 0 amide bonds. The van der Waals surface area contributed by atoms with E-state index in [4.69, 9.17) is 0 Å². The number of rotatable bonds is 2. The summed E-state index contributed by atoms with van der Waals surface area (Å²) in [5.41, 5.74) is 2.10. The summed E-state index contributed by atoms with van der Waals surface area (Å²) in [7, 11) is 0. The van der Waals surface area contributed by atoms with Crippen LogP contribution >= 0.6 is 0 Å². The molecule has 2 aromatic carbocycles. The Morgan fingerprint density at radius 2 is 0.944 bits per heavy atom. The van der Waals surface area contributed by atoms with Crippen LogP contribution in [-0.4, -0.2) is 10.2 Å². The minimum absolute atomic E-state index is 0. The van der Waals surface area contributed by atoms with Crippen LogP contribution in [-0.2, 0) is 26.5 Å². The molecule has 0 fully saturated rings.